The fraction of sp³-hybridized carbons (Fsp3) is 0.467. The quantitative estimate of drug-likeness (QED) is 0.627. The fourth-order valence-electron chi connectivity index (χ4n) is 2.85. The van der Waals surface area contributed by atoms with E-state index in [9.17, 15) is 14.9 Å². The fourth-order valence-corrected chi connectivity index (χ4v) is 2.85. The highest BCUT2D eigenvalue weighted by Crippen LogP contribution is 2.34. The second-order valence-corrected chi connectivity index (χ2v) is 5.59. The number of likely N-dealkylation sites (N-methyl/N-ethyl adjacent to an activating group) is 1. The van der Waals surface area contributed by atoms with Crippen LogP contribution in [0.3, 0.4) is 0 Å². The van der Waals surface area contributed by atoms with Crippen molar-refractivity contribution in [3.05, 3.63) is 33.4 Å². The van der Waals surface area contributed by atoms with Gasteiger partial charge in [-0.3, -0.25) is 14.9 Å². The first-order valence-corrected chi connectivity index (χ1v) is 7.03. The third kappa shape index (κ3) is 2.72. The number of hydrogen-bond acceptors (Lipinski definition) is 5. The van der Waals surface area contributed by atoms with E-state index >= 15 is 0 Å². The van der Waals surface area contributed by atoms with Crippen molar-refractivity contribution in [1.82, 2.24) is 4.90 Å². The second kappa shape index (κ2) is 6.02. The third-order valence-electron chi connectivity index (χ3n) is 3.97. The minimum absolute atomic E-state index is 0.0260. The van der Waals surface area contributed by atoms with Gasteiger partial charge < -0.3 is 9.80 Å². The molecule has 1 atom stereocenters. The Hall–Kier alpha value is -2.62. The van der Waals surface area contributed by atoms with E-state index < -0.39 is 4.92 Å². The molecule has 1 aliphatic rings. The Bertz CT molecular complexity index is 663. The van der Waals surface area contributed by atoms with Gasteiger partial charge in [0, 0.05) is 32.4 Å². The minimum atomic E-state index is -0.488. The van der Waals surface area contributed by atoms with Gasteiger partial charge in [0.1, 0.15) is 6.04 Å². The van der Waals surface area contributed by atoms with E-state index in [2.05, 4.69) is 0 Å². The average molecular weight is 302 g/mol. The molecule has 1 aromatic carbocycles. The lowest BCUT2D eigenvalue weighted by Crippen LogP contribution is -2.43. The van der Waals surface area contributed by atoms with E-state index in [-0.39, 0.29) is 23.2 Å². The maximum absolute atomic E-state index is 12.3. The molecule has 0 N–H and O–H groups in total. The summed E-state index contributed by atoms with van der Waals surface area (Å²) in [5.41, 5.74) is 1.23. The smallest absolute Gasteiger partial charge is 0.275 e. The zero-order chi connectivity index (χ0) is 16.4. The van der Waals surface area contributed by atoms with E-state index in [4.69, 9.17) is 5.26 Å². The van der Waals surface area contributed by atoms with Crippen LogP contribution in [0.4, 0.5) is 11.4 Å². The Morgan fingerprint density at radius 3 is 2.73 bits per heavy atom. The van der Waals surface area contributed by atoms with Crippen molar-refractivity contribution < 1.29 is 9.72 Å². The number of benzene rings is 1. The molecule has 1 fully saturated rings. The number of anilines is 1. The molecule has 0 radical (unpaired) electrons. The van der Waals surface area contributed by atoms with Crippen molar-refractivity contribution in [2.75, 3.05) is 25.5 Å². The number of amides is 1. The van der Waals surface area contributed by atoms with Crippen molar-refractivity contribution in [3.8, 4) is 6.07 Å². The molecule has 1 saturated heterocycles. The van der Waals surface area contributed by atoms with Crippen LogP contribution in [0.15, 0.2) is 12.1 Å². The molecular formula is C15H18N4O3. The predicted molar refractivity (Wildman–Crippen MR) is 81.6 cm³/mol. The Morgan fingerprint density at radius 2 is 2.18 bits per heavy atom. The Balaban J connectivity index is 2.51. The Labute approximate surface area is 128 Å². The van der Waals surface area contributed by atoms with Crippen LogP contribution in [0, 0.1) is 28.4 Å². The molecule has 1 aromatic rings. The van der Waals surface area contributed by atoms with Gasteiger partial charge in [-0.2, -0.15) is 5.26 Å². The summed E-state index contributed by atoms with van der Waals surface area (Å²) in [7, 11) is 3.39. The van der Waals surface area contributed by atoms with Crippen LogP contribution >= 0.6 is 0 Å². The summed E-state index contributed by atoms with van der Waals surface area (Å²) in [4.78, 5) is 26.4. The van der Waals surface area contributed by atoms with Gasteiger partial charge in [-0.15, -0.1) is 0 Å². The van der Waals surface area contributed by atoms with Crippen molar-refractivity contribution in [1.29, 1.82) is 5.26 Å². The molecule has 0 aromatic heterocycles. The van der Waals surface area contributed by atoms with Gasteiger partial charge in [0.25, 0.3) is 5.69 Å². The maximum atomic E-state index is 12.3. The number of hydrogen-bond donors (Lipinski definition) is 0. The molecule has 1 aliphatic heterocycles. The molecule has 0 saturated carbocycles. The van der Waals surface area contributed by atoms with E-state index in [1.807, 2.05) is 11.0 Å². The van der Waals surface area contributed by atoms with Gasteiger partial charge >= 0.3 is 0 Å². The summed E-state index contributed by atoms with van der Waals surface area (Å²) < 4.78 is 0. The number of rotatable bonds is 3. The van der Waals surface area contributed by atoms with Crippen molar-refractivity contribution in [3.63, 3.8) is 0 Å². The molecule has 116 valence electrons. The van der Waals surface area contributed by atoms with E-state index in [0.717, 1.165) is 6.42 Å². The molecule has 0 spiro atoms. The largest absolute Gasteiger partial charge is 0.359 e. The molecule has 1 amide bonds. The number of nitro benzene ring substituents is 1. The topological polar surface area (TPSA) is 90.5 Å². The highest BCUT2D eigenvalue weighted by atomic mass is 16.6. The monoisotopic (exact) mass is 302 g/mol. The lowest BCUT2D eigenvalue weighted by molar-refractivity contribution is -0.385. The normalized spacial score (nSPS) is 17.2. The van der Waals surface area contributed by atoms with Gasteiger partial charge in [0.2, 0.25) is 5.91 Å². The highest BCUT2D eigenvalue weighted by Gasteiger charge is 2.34. The van der Waals surface area contributed by atoms with Crippen molar-refractivity contribution in [2.24, 2.45) is 0 Å². The molecule has 1 unspecified atom stereocenters. The van der Waals surface area contributed by atoms with E-state index in [1.165, 1.54) is 11.0 Å². The lowest BCUT2D eigenvalue weighted by Gasteiger charge is -2.29. The Morgan fingerprint density at radius 1 is 1.50 bits per heavy atom. The van der Waals surface area contributed by atoms with Crippen LogP contribution in [0.2, 0.25) is 0 Å². The summed E-state index contributed by atoms with van der Waals surface area (Å²) in [6, 6.07) is 4.53. The average Bonchev–Trinajstić information content (AvgIpc) is 2.95. The van der Waals surface area contributed by atoms with Gasteiger partial charge in [-0.05, 0) is 25.8 Å². The zero-order valence-corrected chi connectivity index (χ0v) is 12.9. The lowest BCUT2D eigenvalue weighted by atomic mass is 10.1. The third-order valence-corrected chi connectivity index (χ3v) is 3.97. The second-order valence-electron chi connectivity index (χ2n) is 5.59. The van der Waals surface area contributed by atoms with Crippen LogP contribution < -0.4 is 4.90 Å². The number of carbonyl (C=O) groups is 1. The summed E-state index contributed by atoms with van der Waals surface area (Å²) in [5, 5.41) is 20.3. The van der Waals surface area contributed by atoms with Gasteiger partial charge in [0.15, 0.2) is 0 Å². The molecule has 7 nitrogen and oxygen atoms in total. The van der Waals surface area contributed by atoms with Gasteiger partial charge in [-0.1, -0.05) is 0 Å². The minimum Gasteiger partial charge on any atom is -0.359 e. The summed E-state index contributed by atoms with van der Waals surface area (Å²) in [6.45, 7) is 2.31. The molecule has 22 heavy (non-hydrogen) atoms. The van der Waals surface area contributed by atoms with Gasteiger partial charge in [-0.25, -0.2) is 0 Å². The first kappa shape index (κ1) is 15.8. The number of carbonyl (C=O) groups excluding carboxylic acids is 1. The van der Waals surface area contributed by atoms with Crippen LogP contribution in [0.1, 0.15) is 24.0 Å². The molecule has 0 bridgehead atoms. The van der Waals surface area contributed by atoms with E-state index in [1.54, 1.807) is 27.1 Å². The Kier molecular flexibility index (Phi) is 4.31. The summed E-state index contributed by atoms with van der Waals surface area (Å²) in [5.74, 6) is -0.0260. The molecule has 0 aliphatic carbocycles. The number of nitriles is 1. The predicted octanol–water partition coefficient (Wildman–Crippen LogP) is 1.83. The molecule has 2 rings (SSSR count). The summed E-state index contributed by atoms with van der Waals surface area (Å²) >= 11 is 0. The molecule has 7 heteroatoms. The van der Waals surface area contributed by atoms with Crippen molar-refractivity contribution in [2.45, 2.75) is 25.8 Å². The number of nitrogens with zero attached hydrogens (tertiary/aromatic N) is 4. The SMILES string of the molecule is Cc1c(N2CCCC2C(=O)N(C)C)cc(C#N)cc1[N+](=O)[O-]. The number of nitro groups is 1. The van der Waals surface area contributed by atoms with Crippen LogP contribution in [-0.2, 0) is 4.79 Å². The zero-order valence-electron chi connectivity index (χ0n) is 12.9. The first-order valence-electron chi connectivity index (χ1n) is 7.03. The van der Waals surface area contributed by atoms with Crippen molar-refractivity contribution >= 4 is 17.3 Å². The molecule has 1 heterocycles. The molecular weight excluding hydrogens is 284 g/mol. The van der Waals surface area contributed by atoms with Crippen LogP contribution in [-0.4, -0.2) is 42.4 Å². The maximum Gasteiger partial charge on any atom is 0.275 e. The first-order chi connectivity index (χ1) is 10.4. The summed E-state index contributed by atoms with van der Waals surface area (Å²) in [6.07, 6.45) is 1.55. The van der Waals surface area contributed by atoms with Gasteiger partial charge in [0.05, 0.1) is 22.1 Å². The highest BCUT2D eigenvalue weighted by molar-refractivity contribution is 5.86. The van der Waals surface area contributed by atoms with Crippen LogP contribution in [0.5, 0.6) is 0 Å². The standard InChI is InChI=1S/C15H18N4O3/c1-10-13(7-11(9-16)8-14(10)19(21)22)18-6-4-5-12(18)15(20)17(2)3/h7-8,12H,4-6H2,1-3H3. The van der Waals surface area contributed by atoms with Crippen LogP contribution in [0.25, 0.3) is 0 Å². The van der Waals surface area contributed by atoms with E-state index in [0.29, 0.717) is 24.2 Å².